The van der Waals surface area contributed by atoms with Crippen LogP contribution in [0.2, 0.25) is 0 Å². The highest BCUT2D eigenvalue weighted by Crippen LogP contribution is 2.18. The van der Waals surface area contributed by atoms with Gasteiger partial charge in [0.1, 0.15) is 6.04 Å². The van der Waals surface area contributed by atoms with Crippen LogP contribution >= 0.6 is 0 Å². The van der Waals surface area contributed by atoms with Crippen molar-refractivity contribution in [3.05, 3.63) is 11.6 Å². The fourth-order valence-corrected chi connectivity index (χ4v) is 1.90. The molecular weight excluding hydrogens is 218 g/mol. The molecule has 17 heavy (non-hydrogen) atoms. The van der Waals surface area contributed by atoms with Gasteiger partial charge in [-0.25, -0.2) is 4.79 Å². The van der Waals surface area contributed by atoms with Gasteiger partial charge in [-0.2, -0.15) is 0 Å². The van der Waals surface area contributed by atoms with Gasteiger partial charge in [0.15, 0.2) is 0 Å². The standard InChI is InChI=1S/C13H21NO3/c1-9(2)11(13(16)17-3)14-12(15)10-7-5-4-6-8-10/h7,9,11H,4-6,8H2,1-3H3,(H,14,15)/t11-/m0/s1. The van der Waals surface area contributed by atoms with Crippen molar-refractivity contribution in [3.8, 4) is 0 Å². The Labute approximate surface area is 102 Å². The number of methoxy groups -OCH3 is 1. The van der Waals surface area contributed by atoms with Crippen LogP contribution in [-0.4, -0.2) is 25.0 Å². The number of rotatable bonds is 4. The molecule has 1 N–H and O–H groups in total. The van der Waals surface area contributed by atoms with Gasteiger partial charge in [0.05, 0.1) is 7.11 Å². The first kappa shape index (κ1) is 13.7. The van der Waals surface area contributed by atoms with E-state index in [9.17, 15) is 9.59 Å². The lowest BCUT2D eigenvalue weighted by molar-refractivity contribution is -0.146. The van der Waals surface area contributed by atoms with Gasteiger partial charge in [-0.05, 0) is 31.6 Å². The number of hydrogen-bond donors (Lipinski definition) is 1. The first-order chi connectivity index (χ1) is 8.06. The molecule has 0 saturated carbocycles. The van der Waals surface area contributed by atoms with Crippen molar-refractivity contribution in [2.75, 3.05) is 7.11 Å². The highest BCUT2D eigenvalue weighted by Gasteiger charge is 2.26. The molecule has 0 unspecified atom stereocenters. The monoisotopic (exact) mass is 239 g/mol. The molecule has 0 saturated heterocycles. The zero-order chi connectivity index (χ0) is 12.8. The molecule has 0 aliphatic heterocycles. The molecule has 0 aromatic rings. The molecule has 0 bridgehead atoms. The maximum absolute atomic E-state index is 11.9. The topological polar surface area (TPSA) is 55.4 Å². The Bertz CT molecular complexity index is 321. The minimum atomic E-state index is -0.560. The summed E-state index contributed by atoms with van der Waals surface area (Å²) >= 11 is 0. The number of hydrogen-bond acceptors (Lipinski definition) is 3. The van der Waals surface area contributed by atoms with Gasteiger partial charge in [0.2, 0.25) is 5.91 Å². The summed E-state index contributed by atoms with van der Waals surface area (Å²) in [5.74, 6) is -0.492. The van der Waals surface area contributed by atoms with Crippen LogP contribution < -0.4 is 5.32 Å². The molecule has 4 nitrogen and oxygen atoms in total. The summed E-state index contributed by atoms with van der Waals surface area (Å²) in [4.78, 5) is 23.5. The van der Waals surface area contributed by atoms with Gasteiger partial charge in [0.25, 0.3) is 0 Å². The average molecular weight is 239 g/mol. The van der Waals surface area contributed by atoms with Crippen LogP contribution in [0.1, 0.15) is 39.5 Å². The number of nitrogens with one attached hydrogen (secondary N) is 1. The second kappa shape index (κ2) is 6.42. The van der Waals surface area contributed by atoms with Crippen molar-refractivity contribution in [2.45, 2.75) is 45.6 Å². The quantitative estimate of drug-likeness (QED) is 0.761. The number of carbonyl (C=O) groups excluding carboxylic acids is 2. The highest BCUT2D eigenvalue weighted by molar-refractivity contribution is 5.96. The number of esters is 1. The van der Waals surface area contributed by atoms with Gasteiger partial charge in [-0.3, -0.25) is 4.79 Å². The molecule has 0 spiro atoms. The van der Waals surface area contributed by atoms with Crippen molar-refractivity contribution in [3.63, 3.8) is 0 Å². The normalized spacial score (nSPS) is 17.3. The van der Waals surface area contributed by atoms with E-state index in [1.165, 1.54) is 7.11 Å². The van der Waals surface area contributed by atoms with Crippen molar-refractivity contribution < 1.29 is 14.3 Å². The Morgan fingerprint density at radius 1 is 1.35 bits per heavy atom. The van der Waals surface area contributed by atoms with E-state index in [2.05, 4.69) is 10.1 Å². The number of carbonyl (C=O) groups is 2. The van der Waals surface area contributed by atoms with Crippen LogP contribution in [0.15, 0.2) is 11.6 Å². The Morgan fingerprint density at radius 3 is 2.53 bits per heavy atom. The molecule has 0 heterocycles. The molecule has 1 aliphatic rings. The molecule has 4 heteroatoms. The summed E-state index contributed by atoms with van der Waals surface area (Å²) in [7, 11) is 1.34. The summed E-state index contributed by atoms with van der Waals surface area (Å²) in [6, 6.07) is -0.560. The van der Waals surface area contributed by atoms with Gasteiger partial charge >= 0.3 is 5.97 Å². The van der Waals surface area contributed by atoms with E-state index in [-0.39, 0.29) is 17.8 Å². The minimum Gasteiger partial charge on any atom is -0.467 e. The van der Waals surface area contributed by atoms with Crippen molar-refractivity contribution >= 4 is 11.9 Å². The molecule has 96 valence electrons. The van der Waals surface area contributed by atoms with E-state index in [0.29, 0.717) is 0 Å². The van der Waals surface area contributed by atoms with Crippen LogP contribution in [0.3, 0.4) is 0 Å². The van der Waals surface area contributed by atoms with Gasteiger partial charge in [-0.1, -0.05) is 19.9 Å². The van der Waals surface area contributed by atoms with E-state index < -0.39 is 6.04 Å². The Kier molecular flexibility index (Phi) is 5.19. The molecule has 1 aliphatic carbocycles. The number of allylic oxidation sites excluding steroid dienone is 1. The number of ether oxygens (including phenoxy) is 1. The largest absolute Gasteiger partial charge is 0.467 e. The molecule has 0 radical (unpaired) electrons. The maximum Gasteiger partial charge on any atom is 0.328 e. The third kappa shape index (κ3) is 3.88. The summed E-state index contributed by atoms with van der Waals surface area (Å²) in [6.45, 7) is 3.77. The molecule has 1 rings (SSSR count). The molecule has 1 atom stereocenters. The van der Waals surface area contributed by atoms with Crippen LogP contribution in [0.4, 0.5) is 0 Å². The van der Waals surface area contributed by atoms with E-state index in [1.54, 1.807) is 0 Å². The first-order valence-electron chi connectivity index (χ1n) is 6.14. The van der Waals surface area contributed by atoms with Crippen LogP contribution in [0, 0.1) is 5.92 Å². The fourth-order valence-electron chi connectivity index (χ4n) is 1.90. The Hall–Kier alpha value is -1.32. The third-order valence-electron chi connectivity index (χ3n) is 2.99. The zero-order valence-electron chi connectivity index (χ0n) is 10.8. The summed E-state index contributed by atoms with van der Waals surface area (Å²) < 4.78 is 4.69. The van der Waals surface area contributed by atoms with Crippen molar-refractivity contribution in [2.24, 2.45) is 5.92 Å². The third-order valence-corrected chi connectivity index (χ3v) is 2.99. The lowest BCUT2D eigenvalue weighted by atomic mass is 9.97. The molecule has 0 fully saturated rings. The fraction of sp³-hybridized carbons (Fsp3) is 0.692. The SMILES string of the molecule is COC(=O)[C@@H](NC(=O)C1=CCCCC1)C(C)C. The van der Waals surface area contributed by atoms with E-state index in [0.717, 1.165) is 31.3 Å². The van der Waals surface area contributed by atoms with Crippen LogP contribution in [0.25, 0.3) is 0 Å². The summed E-state index contributed by atoms with van der Waals surface area (Å²) in [5, 5.41) is 2.76. The molecule has 0 aromatic carbocycles. The predicted octanol–water partition coefficient (Wildman–Crippen LogP) is 1.80. The molecule has 1 amide bonds. The van der Waals surface area contributed by atoms with E-state index >= 15 is 0 Å². The Morgan fingerprint density at radius 2 is 2.06 bits per heavy atom. The van der Waals surface area contributed by atoms with Crippen LogP contribution in [-0.2, 0) is 14.3 Å². The van der Waals surface area contributed by atoms with Gasteiger partial charge < -0.3 is 10.1 Å². The smallest absolute Gasteiger partial charge is 0.328 e. The molecular formula is C13H21NO3. The lowest BCUT2D eigenvalue weighted by Crippen LogP contribution is -2.45. The highest BCUT2D eigenvalue weighted by atomic mass is 16.5. The van der Waals surface area contributed by atoms with Crippen LogP contribution in [0.5, 0.6) is 0 Å². The van der Waals surface area contributed by atoms with Gasteiger partial charge in [0, 0.05) is 5.57 Å². The molecule has 0 aromatic heterocycles. The van der Waals surface area contributed by atoms with Crippen molar-refractivity contribution in [1.82, 2.24) is 5.32 Å². The summed E-state index contributed by atoms with van der Waals surface area (Å²) in [6.07, 6.45) is 5.91. The lowest BCUT2D eigenvalue weighted by Gasteiger charge is -2.21. The predicted molar refractivity (Wildman–Crippen MR) is 65.3 cm³/mol. The maximum atomic E-state index is 11.9. The van der Waals surface area contributed by atoms with E-state index in [4.69, 9.17) is 0 Å². The summed E-state index contributed by atoms with van der Waals surface area (Å²) in [5.41, 5.74) is 0.797. The van der Waals surface area contributed by atoms with Gasteiger partial charge in [-0.15, -0.1) is 0 Å². The zero-order valence-corrected chi connectivity index (χ0v) is 10.8. The second-order valence-electron chi connectivity index (χ2n) is 4.69. The second-order valence-corrected chi connectivity index (χ2v) is 4.69. The number of amides is 1. The first-order valence-corrected chi connectivity index (χ1v) is 6.14. The Balaban J connectivity index is 2.63. The minimum absolute atomic E-state index is 0.0237. The van der Waals surface area contributed by atoms with E-state index in [1.807, 2.05) is 19.9 Å². The van der Waals surface area contributed by atoms with Crippen molar-refractivity contribution in [1.29, 1.82) is 0 Å². The average Bonchev–Trinajstić information content (AvgIpc) is 2.35.